The number of hydrogen-bond acceptors (Lipinski definition) is 6. The van der Waals surface area contributed by atoms with Gasteiger partial charge in [0.2, 0.25) is 5.95 Å². The summed E-state index contributed by atoms with van der Waals surface area (Å²) in [5.74, 6) is 1.69. The van der Waals surface area contributed by atoms with Crippen molar-refractivity contribution in [1.29, 1.82) is 0 Å². The van der Waals surface area contributed by atoms with Crippen LogP contribution in [0.25, 0.3) is 61.1 Å². The molecule has 0 spiro atoms. The van der Waals surface area contributed by atoms with Gasteiger partial charge in [0.05, 0.1) is 16.6 Å². The fourth-order valence-corrected chi connectivity index (χ4v) is 7.78. The zero-order valence-electron chi connectivity index (χ0n) is 26.6. The Morgan fingerprint density at radius 2 is 1.48 bits per heavy atom. The molecule has 3 aromatic carbocycles. The maximum Gasteiger partial charge on any atom is 0.239 e. The molecule has 231 valence electrons. The van der Waals surface area contributed by atoms with Crippen molar-refractivity contribution in [2.24, 2.45) is 5.41 Å². The topological polar surface area (TPSA) is 69.4 Å². The van der Waals surface area contributed by atoms with Gasteiger partial charge in [-0.05, 0) is 44.8 Å². The first-order chi connectivity index (χ1) is 21.6. The van der Waals surface area contributed by atoms with Gasteiger partial charge in [0.25, 0.3) is 0 Å². The van der Waals surface area contributed by atoms with Gasteiger partial charge >= 0.3 is 0 Å². The Hall–Kier alpha value is -4.10. The molecule has 0 amide bonds. The third kappa shape index (κ3) is 4.34. The number of rotatable bonds is 4. The number of hydrogen-bond donors (Lipinski definition) is 0. The van der Waals surface area contributed by atoms with Crippen LogP contribution in [0.5, 0.6) is 0 Å². The van der Waals surface area contributed by atoms with E-state index in [0.717, 1.165) is 43.5 Å². The molecule has 1 aliphatic rings. The van der Waals surface area contributed by atoms with E-state index in [1.807, 2.05) is 65.4 Å². The molecule has 1 radical (unpaired) electrons. The molecule has 1 aliphatic carbocycles. The third-order valence-corrected chi connectivity index (χ3v) is 11.7. The molecular formula is C38H33IrN6S-. The number of nitrogens with zero attached hydrogens (tertiary/aromatic N) is 6. The van der Waals surface area contributed by atoms with E-state index >= 15 is 0 Å². The van der Waals surface area contributed by atoms with Crippen molar-refractivity contribution in [3.63, 3.8) is 0 Å². The number of imidazole rings is 1. The summed E-state index contributed by atoms with van der Waals surface area (Å²) in [4.78, 5) is 24.6. The normalized spacial score (nSPS) is 16.0. The van der Waals surface area contributed by atoms with Crippen LogP contribution in [0.1, 0.15) is 52.7 Å². The van der Waals surface area contributed by atoms with Gasteiger partial charge in [0.1, 0.15) is 6.33 Å². The van der Waals surface area contributed by atoms with Crippen molar-refractivity contribution < 1.29 is 20.1 Å². The number of pyridine rings is 1. The fourth-order valence-electron chi connectivity index (χ4n) is 6.88. The molecule has 8 heteroatoms. The van der Waals surface area contributed by atoms with E-state index in [0.29, 0.717) is 17.6 Å². The summed E-state index contributed by atoms with van der Waals surface area (Å²) in [7, 11) is 0. The van der Waals surface area contributed by atoms with Gasteiger partial charge in [-0.1, -0.05) is 90.1 Å². The number of para-hydroxylation sites is 2. The zero-order chi connectivity index (χ0) is 31.1. The second-order valence-corrected chi connectivity index (χ2v) is 14.4. The Morgan fingerprint density at radius 1 is 0.761 bits per heavy atom. The van der Waals surface area contributed by atoms with Crippen LogP contribution in [0.2, 0.25) is 0 Å². The van der Waals surface area contributed by atoms with E-state index in [1.165, 1.54) is 11.1 Å². The van der Waals surface area contributed by atoms with Crippen LogP contribution < -0.4 is 0 Å². The average Bonchev–Trinajstić information content (AvgIpc) is 3.74. The molecule has 4 aromatic heterocycles. The summed E-state index contributed by atoms with van der Waals surface area (Å²) in [5.41, 5.74) is 8.40. The number of thiophene rings is 1. The van der Waals surface area contributed by atoms with Crippen molar-refractivity contribution in [1.82, 2.24) is 29.5 Å². The molecule has 0 saturated heterocycles. The van der Waals surface area contributed by atoms with E-state index in [1.54, 1.807) is 17.7 Å². The van der Waals surface area contributed by atoms with Gasteiger partial charge in [0.15, 0.2) is 11.6 Å². The summed E-state index contributed by atoms with van der Waals surface area (Å²) in [6.07, 6.45) is 3.68. The van der Waals surface area contributed by atoms with Crippen LogP contribution in [-0.4, -0.2) is 29.5 Å². The summed E-state index contributed by atoms with van der Waals surface area (Å²) in [5, 5.41) is 3.19. The molecule has 0 N–H and O–H groups in total. The maximum atomic E-state index is 5.07. The zero-order valence-corrected chi connectivity index (χ0v) is 29.8. The van der Waals surface area contributed by atoms with Gasteiger partial charge in [-0.2, -0.15) is 9.97 Å². The Morgan fingerprint density at radius 3 is 2.28 bits per heavy atom. The predicted molar refractivity (Wildman–Crippen MR) is 183 cm³/mol. The molecule has 0 saturated carbocycles. The smallest absolute Gasteiger partial charge is 0.239 e. The third-order valence-electron chi connectivity index (χ3n) is 10.7. The van der Waals surface area contributed by atoms with Gasteiger partial charge in [-0.3, -0.25) is 4.57 Å². The largest absolute Gasteiger partial charge is 0.303 e. The fraction of sp³-hybridized carbons (Fsp3) is 0.237. The molecule has 46 heavy (non-hydrogen) atoms. The Kier molecular flexibility index (Phi) is 7.13. The first kappa shape index (κ1) is 30.5. The minimum atomic E-state index is -0.00397. The molecule has 0 unspecified atom stereocenters. The summed E-state index contributed by atoms with van der Waals surface area (Å²) < 4.78 is 3.01. The quantitative estimate of drug-likeness (QED) is 0.166. The van der Waals surface area contributed by atoms with Crippen LogP contribution in [-0.2, 0) is 30.9 Å². The predicted octanol–water partition coefficient (Wildman–Crippen LogP) is 9.21. The van der Waals surface area contributed by atoms with E-state index in [2.05, 4.69) is 76.2 Å². The van der Waals surface area contributed by atoms with Crippen LogP contribution in [0.4, 0.5) is 0 Å². The van der Waals surface area contributed by atoms with Crippen molar-refractivity contribution in [3.8, 4) is 40.0 Å². The number of aromatic nitrogens is 6. The SMILES string of the molecule is CC1(C)c2c[c-]c(-c3ncc(-c4nc(-c5ccccc5)nc(-n5cnc6ccccc65)n4)c4sccc34)cc2C(C)(C)C1(C)C.[Ir]. The van der Waals surface area contributed by atoms with Crippen LogP contribution in [0.3, 0.4) is 0 Å². The first-order valence-corrected chi connectivity index (χ1v) is 16.1. The van der Waals surface area contributed by atoms with Crippen molar-refractivity contribution in [2.75, 3.05) is 0 Å². The van der Waals surface area contributed by atoms with E-state index in [4.69, 9.17) is 19.9 Å². The summed E-state index contributed by atoms with van der Waals surface area (Å²) in [6.45, 7) is 14.2. The molecule has 0 atom stereocenters. The number of benzene rings is 3. The molecular weight excluding hydrogens is 765 g/mol. The average molecular weight is 798 g/mol. The Labute approximate surface area is 286 Å². The minimum Gasteiger partial charge on any atom is -0.303 e. The molecule has 0 bridgehead atoms. The van der Waals surface area contributed by atoms with Gasteiger partial charge < -0.3 is 4.98 Å². The molecule has 4 heterocycles. The second-order valence-electron chi connectivity index (χ2n) is 13.5. The standard InChI is InChI=1S/C38H33N6S.Ir/c1-36(2)27-17-16-24(20-28(27)37(3,4)38(36,5)6)31-25-18-19-45-32(25)26(21-39-31)34-41-33(23-12-8-7-9-13-23)42-35(43-34)44-22-40-29-14-10-11-15-30(29)44;/h7-15,17-22H,1-6H3;/q-1;. The van der Waals surface area contributed by atoms with Crippen LogP contribution in [0.15, 0.2) is 90.7 Å². The summed E-state index contributed by atoms with van der Waals surface area (Å²) >= 11 is 1.68. The monoisotopic (exact) mass is 798 g/mol. The van der Waals surface area contributed by atoms with Crippen molar-refractivity contribution >= 4 is 32.5 Å². The maximum absolute atomic E-state index is 5.07. The van der Waals surface area contributed by atoms with E-state index < -0.39 is 0 Å². The van der Waals surface area contributed by atoms with Crippen molar-refractivity contribution in [3.05, 3.63) is 108 Å². The van der Waals surface area contributed by atoms with Gasteiger partial charge in [0, 0.05) is 36.6 Å². The molecule has 7 aromatic rings. The Bertz CT molecular complexity index is 2260. The van der Waals surface area contributed by atoms with Crippen LogP contribution >= 0.6 is 11.3 Å². The first-order valence-electron chi connectivity index (χ1n) is 15.3. The van der Waals surface area contributed by atoms with Gasteiger partial charge in [-0.25, -0.2) is 9.97 Å². The molecule has 0 aliphatic heterocycles. The second kappa shape index (κ2) is 10.7. The van der Waals surface area contributed by atoms with Gasteiger partial charge in [-0.15, -0.1) is 46.2 Å². The van der Waals surface area contributed by atoms with Crippen molar-refractivity contribution in [2.45, 2.75) is 52.4 Å². The number of fused-ring (bicyclic) bond motifs is 3. The molecule has 8 rings (SSSR count). The minimum absolute atomic E-state index is 0. The molecule has 0 fully saturated rings. The summed E-state index contributed by atoms with van der Waals surface area (Å²) in [6, 6.07) is 28.3. The van der Waals surface area contributed by atoms with Crippen LogP contribution in [0, 0.1) is 11.5 Å². The van der Waals surface area contributed by atoms with E-state index in [9.17, 15) is 0 Å². The van der Waals surface area contributed by atoms with E-state index in [-0.39, 0.29) is 36.4 Å². The Balaban J connectivity index is 0.00000338. The molecule has 6 nitrogen and oxygen atoms in total.